The van der Waals surface area contributed by atoms with Crippen molar-refractivity contribution in [1.29, 1.82) is 0 Å². The van der Waals surface area contributed by atoms with Crippen LogP contribution in [0.3, 0.4) is 0 Å². The van der Waals surface area contributed by atoms with Gasteiger partial charge < -0.3 is 0 Å². The van der Waals surface area contributed by atoms with Crippen molar-refractivity contribution in [3.63, 3.8) is 0 Å². The fourth-order valence-corrected chi connectivity index (χ4v) is 7.39. The van der Waals surface area contributed by atoms with Crippen molar-refractivity contribution in [1.82, 2.24) is 60.0 Å². The molecule has 304 valence electrons. The van der Waals surface area contributed by atoms with Crippen LogP contribution in [0.1, 0.15) is 105 Å². The maximum absolute atomic E-state index is 4.74. The Kier molecular flexibility index (Phi) is 8.75. The first kappa shape index (κ1) is 38.9. The minimum atomic E-state index is -0.159. The van der Waals surface area contributed by atoms with E-state index in [0.29, 0.717) is 0 Å². The highest BCUT2D eigenvalue weighted by Gasteiger charge is 2.24. The molecule has 4 aromatic carbocycles. The summed E-state index contributed by atoms with van der Waals surface area (Å²) in [7, 11) is 0. The molecular formula is C48H52N12. The molecule has 16 bridgehead atoms. The van der Waals surface area contributed by atoms with E-state index in [-0.39, 0.29) is 21.7 Å². The molecule has 0 saturated carbocycles. The topological polar surface area (TPSA) is 123 Å². The average molecular weight is 797 g/mol. The Bertz CT molecular complexity index is 2380. The largest absolute Gasteiger partial charge is 0.220 e. The van der Waals surface area contributed by atoms with Crippen molar-refractivity contribution in [3.8, 4) is 67.8 Å². The van der Waals surface area contributed by atoms with Crippen LogP contribution in [0.2, 0.25) is 0 Å². The lowest BCUT2D eigenvalue weighted by atomic mass is 9.84. The van der Waals surface area contributed by atoms with E-state index in [1.165, 1.54) is 0 Å². The van der Waals surface area contributed by atoms with Crippen molar-refractivity contribution in [2.75, 3.05) is 0 Å². The summed E-state index contributed by atoms with van der Waals surface area (Å²) in [5.41, 5.74) is 14.2. The number of rotatable bonds is 0. The normalized spacial score (nSPS) is 13.0. The Morgan fingerprint density at radius 2 is 0.517 bits per heavy atom. The first-order valence-corrected chi connectivity index (χ1v) is 20.5. The molecule has 0 fully saturated rings. The van der Waals surface area contributed by atoms with Gasteiger partial charge in [-0.3, -0.25) is 0 Å². The molecule has 0 saturated heterocycles. The highest BCUT2D eigenvalue weighted by Crippen LogP contribution is 2.36. The number of benzene rings is 4. The molecule has 0 N–H and O–H groups in total. The first-order valence-electron chi connectivity index (χ1n) is 20.5. The molecule has 0 amide bonds. The predicted octanol–water partition coefficient (Wildman–Crippen LogP) is 10.2. The van der Waals surface area contributed by atoms with Gasteiger partial charge in [0, 0.05) is 22.3 Å². The van der Waals surface area contributed by atoms with Gasteiger partial charge >= 0.3 is 0 Å². The van der Waals surface area contributed by atoms with E-state index in [9.17, 15) is 0 Å². The van der Waals surface area contributed by atoms with Crippen molar-refractivity contribution in [2.24, 2.45) is 0 Å². The number of hydrogen-bond acceptors (Lipinski definition) is 8. The molecular weight excluding hydrogens is 745 g/mol. The molecule has 4 aromatic heterocycles. The Labute approximate surface area is 351 Å². The Morgan fingerprint density at radius 1 is 0.283 bits per heavy atom. The second-order valence-corrected chi connectivity index (χ2v) is 20.3. The van der Waals surface area contributed by atoms with Gasteiger partial charge in [-0.15, -0.1) is 20.4 Å². The zero-order chi connectivity index (χ0) is 42.5. The minimum Gasteiger partial charge on any atom is -0.220 e. The summed E-state index contributed by atoms with van der Waals surface area (Å²) in [5, 5.41) is 37.7. The van der Waals surface area contributed by atoms with Gasteiger partial charge in [-0.1, -0.05) is 104 Å². The van der Waals surface area contributed by atoms with Gasteiger partial charge in [-0.2, -0.15) is 0 Å². The highest BCUT2D eigenvalue weighted by molar-refractivity contribution is 5.72. The maximum atomic E-state index is 4.74. The Morgan fingerprint density at radius 3 is 0.800 bits per heavy atom. The van der Waals surface area contributed by atoms with Gasteiger partial charge in [0.25, 0.3) is 0 Å². The molecule has 0 aliphatic carbocycles. The van der Waals surface area contributed by atoms with Crippen molar-refractivity contribution >= 4 is 0 Å². The van der Waals surface area contributed by atoms with Gasteiger partial charge in [0.2, 0.25) is 0 Å². The molecule has 0 radical (unpaired) electrons. The highest BCUT2D eigenvalue weighted by atomic mass is 15.4. The quantitative estimate of drug-likeness (QED) is 0.149. The summed E-state index contributed by atoms with van der Waals surface area (Å²) < 4.78 is 7.38. The van der Waals surface area contributed by atoms with Crippen LogP contribution in [0.5, 0.6) is 0 Å². The molecule has 0 atom stereocenters. The fraction of sp³-hybridized carbons (Fsp3) is 0.333. The van der Waals surface area contributed by atoms with E-state index in [1.54, 1.807) is 0 Å². The van der Waals surface area contributed by atoms with E-state index in [0.717, 1.165) is 90.0 Å². The number of hydrogen-bond donors (Lipinski definition) is 0. The molecule has 1 aliphatic rings. The van der Waals surface area contributed by atoms with Gasteiger partial charge in [0.05, 0.1) is 47.5 Å². The fourth-order valence-electron chi connectivity index (χ4n) is 7.39. The molecule has 60 heavy (non-hydrogen) atoms. The zero-order valence-corrected chi connectivity index (χ0v) is 36.6. The zero-order valence-electron chi connectivity index (χ0n) is 36.6. The summed E-state index contributed by atoms with van der Waals surface area (Å²) in [6.07, 6.45) is 7.97. The van der Waals surface area contributed by atoms with Crippen LogP contribution in [0, 0.1) is 0 Å². The van der Waals surface area contributed by atoms with Crippen LogP contribution in [-0.4, -0.2) is 60.0 Å². The standard InChI is InChI=1S/C48H52N12/c1-45(2,3)33-14-29-13-30(15-33)42-26-58(54-50-42)38-19-32(17-35(21-38)47(7,8)9)44-28-60(56-52-44)40-23-36(48(10,11)12)22-39(24-40)59-27-43(51-55-59)31-16-34(46(4,5)6)20-37(18-31)57-25-41(29)49-53-57/h13-28H,1-12H3. The second kappa shape index (κ2) is 13.5. The van der Waals surface area contributed by atoms with Crippen molar-refractivity contribution in [2.45, 2.75) is 105 Å². The Balaban J connectivity index is 1.30. The molecule has 12 nitrogen and oxygen atoms in total. The predicted molar refractivity (Wildman–Crippen MR) is 236 cm³/mol. The van der Waals surface area contributed by atoms with Crippen LogP contribution in [0.25, 0.3) is 67.8 Å². The lowest BCUT2D eigenvalue weighted by molar-refractivity contribution is 0.588. The van der Waals surface area contributed by atoms with E-state index < -0.39 is 0 Å². The summed E-state index contributed by atoms with van der Waals surface area (Å²) in [6, 6.07) is 25.9. The molecule has 9 rings (SSSR count). The molecule has 12 heteroatoms. The third-order valence-electron chi connectivity index (χ3n) is 11.3. The smallest absolute Gasteiger partial charge is 0.113 e. The average Bonchev–Trinajstić information content (AvgIpc) is 4.03. The van der Waals surface area contributed by atoms with E-state index in [1.807, 2.05) is 43.5 Å². The minimum absolute atomic E-state index is 0.144. The van der Waals surface area contributed by atoms with Crippen LogP contribution < -0.4 is 0 Å². The van der Waals surface area contributed by atoms with Gasteiger partial charge in [0.1, 0.15) is 22.8 Å². The van der Waals surface area contributed by atoms with E-state index in [4.69, 9.17) is 30.8 Å². The van der Waals surface area contributed by atoms with Gasteiger partial charge in [-0.25, -0.2) is 18.7 Å². The van der Waals surface area contributed by atoms with Crippen molar-refractivity contribution in [3.05, 3.63) is 120 Å². The lowest BCUT2D eigenvalue weighted by Crippen LogP contribution is -2.13. The number of fused-ring (bicyclic) bond motifs is 24. The summed E-state index contributed by atoms with van der Waals surface area (Å²) in [6.45, 7) is 26.5. The maximum Gasteiger partial charge on any atom is 0.113 e. The third-order valence-corrected chi connectivity index (χ3v) is 11.3. The molecule has 0 spiro atoms. The Hall–Kier alpha value is -6.56. The monoisotopic (exact) mass is 796 g/mol. The molecule has 8 aromatic rings. The summed E-state index contributed by atoms with van der Waals surface area (Å²) in [5.74, 6) is 0. The van der Waals surface area contributed by atoms with Gasteiger partial charge in [-0.05, 0) is 117 Å². The third kappa shape index (κ3) is 7.35. The molecule has 0 unspecified atom stereocenters. The lowest BCUT2D eigenvalue weighted by Gasteiger charge is -2.21. The van der Waals surface area contributed by atoms with E-state index >= 15 is 0 Å². The number of aromatic nitrogens is 12. The molecule has 1 aliphatic heterocycles. The van der Waals surface area contributed by atoms with Crippen LogP contribution in [0.4, 0.5) is 0 Å². The summed E-state index contributed by atoms with van der Waals surface area (Å²) >= 11 is 0. The SMILES string of the molecule is CC(C)(C)c1cc2cc(c1)-c1cn(nn1)-c1cc(cc(C(C)(C)C)c1)-c1cn(nn1)-c1cc(cc(C(C)(C)C)c1)-n1cc(nn1)-c1cc(cc(C(C)(C)C)c1)-n1cc-2nn1. The van der Waals surface area contributed by atoms with Gasteiger partial charge in [0.15, 0.2) is 0 Å². The number of nitrogens with zero attached hydrogens (tertiary/aromatic N) is 12. The van der Waals surface area contributed by atoms with Crippen molar-refractivity contribution < 1.29 is 0 Å². The first-order chi connectivity index (χ1) is 28.2. The van der Waals surface area contributed by atoms with Crippen LogP contribution >= 0.6 is 0 Å². The van der Waals surface area contributed by atoms with Crippen LogP contribution in [-0.2, 0) is 21.7 Å². The second-order valence-electron chi connectivity index (χ2n) is 20.3. The van der Waals surface area contributed by atoms with Crippen LogP contribution in [0.15, 0.2) is 97.6 Å². The molecule has 5 heterocycles. The summed E-state index contributed by atoms with van der Waals surface area (Å²) in [4.78, 5) is 0. The van der Waals surface area contributed by atoms with E-state index in [2.05, 4.69) is 166 Å².